The Labute approximate surface area is 141 Å². The van der Waals surface area contributed by atoms with Gasteiger partial charge in [0, 0.05) is 17.8 Å². The van der Waals surface area contributed by atoms with E-state index in [2.05, 4.69) is 4.99 Å². The highest BCUT2D eigenvalue weighted by molar-refractivity contribution is 5.83. The minimum Gasteiger partial charge on any atom is -0.508 e. The first-order valence-electron chi connectivity index (χ1n) is 7.97. The molecule has 3 N–H and O–H groups in total. The molecule has 2 aromatic rings. The highest BCUT2D eigenvalue weighted by Crippen LogP contribution is 2.24. The second kappa shape index (κ2) is 8.36. The van der Waals surface area contributed by atoms with Crippen LogP contribution in [-0.4, -0.2) is 34.2 Å². The molecule has 0 bridgehead atoms. The van der Waals surface area contributed by atoms with E-state index in [1.165, 1.54) is 18.3 Å². The van der Waals surface area contributed by atoms with Gasteiger partial charge in [-0.05, 0) is 43.2 Å². The summed E-state index contributed by atoms with van der Waals surface area (Å²) >= 11 is 0. The van der Waals surface area contributed by atoms with Crippen LogP contribution in [-0.2, 0) is 0 Å². The molecule has 0 saturated heterocycles. The fourth-order valence-electron chi connectivity index (χ4n) is 2.17. The lowest BCUT2D eigenvalue weighted by molar-refractivity contribution is 0.154. The summed E-state index contributed by atoms with van der Waals surface area (Å²) in [6.07, 6.45) is 1.64. The number of aliphatic imine (C=N–C) groups is 1. The van der Waals surface area contributed by atoms with Gasteiger partial charge in [-0.2, -0.15) is 0 Å². The number of hydrogen-bond donors (Lipinski definition) is 3. The van der Waals surface area contributed by atoms with Crippen LogP contribution in [0.2, 0.25) is 0 Å². The van der Waals surface area contributed by atoms with Gasteiger partial charge >= 0.3 is 0 Å². The van der Waals surface area contributed by atoms with Crippen LogP contribution in [0.4, 0.5) is 0 Å². The van der Waals surface area contributed by atoms with Crippen molar-refractivity contribution in [1.82, 2.24) is 0 Å². The van der Waals surface area contributed by atoms with Crippen LogP contribution in [0.15, 0.2) is 47.5 Å². The van der Waals surface area contributed by atoms with Crippen molar-refractivity contribution in [3.8, 4) is 17.2 Å². The van der Waals surface area contributed by atoms with E-state index in [0.29, 0.717) is 23.5 Å². The number of nitrogens with zero attached hydrogens (tertiary/aromatic N) is 1. The molecule has 0 heterocycles. The van der Waals surface area contributed by atoms with Gasteiger partial charge in [0.25, 0.3) is 0 Å². The maximum Gasteiger partial charge on any atom is 0.128 e. The van der Waals surface area contributed by atoms with E-state index in [1.54, 1.807) is 37.3 Å². The molecule has 2 atom stereocenters. The summed E-state index contributed by atoms with van der Waals surface area (Å²) in [6, 6.07) is 11.0. The summed E-state index contributed by atoms with van der Waals surface area (Å²) < 4.78 is 5.46. The van der Waals surface area contributed by atoms with E-state index < -0.39 is 12.1 Å². The maximum atomic E-state index is 10.3. The lowest BCUT2D eigenvalue weighted by atomic mass is 10.0. The molecule has 5 heteroatoms. The van der Waals surface area contributed by atoms with Crippen molar-refractivity contribution < 1.29 is 20.1 Å². The molecule has 0 amide bonds. The van der Waals surface area contributed by atoms with Crippen LogP contribution in [0.25, 0.3) is 0 Å². The monoisotopic (exact) mass is 329 g/mol. The van der Waals surface area contributed by atoms with Gasteiger partial charge < -0.3 is 20.1 Å². The van der Waals surface area contributed by atoms with Crippen molar-refractivity contribution in [2.45, 2.75) is 32.4 Å². The molecular weight excluding hydrogens is 306 g/mol. The van der Waals surface area contributed by atoms with E-state index in [0.717, 1.165) is 6.42 Å². The normalized spacial score (nSPS) is 13.8. The minimum atomic E-state index is -0.795. The van der Waals surface area contributed by atoms with Crippen molar-refractivity contribution in [2.75, 3.05) is 6.61 Å². The molecule has 0 spiro atoms. The summed E-state index contributed by atoms with van der Waals surface area (Å²) in [5.74, 6) is 0.847. The number of aromatic hydroxyl groups is 2. The van der Waals surface area contributed by atoms with Gasteiger partial charge in [0.2, 0.25) is 0 Å². The molecule has 0 aromatic heterocycles. The number of aliphatic hydroxyl groups excluding tert-OH is 1. The van der Waals surface area contributed by atoms with Gasteiger partial charge in [-0.3, -0.25) is 4.99 Å². The third-order valence-corrected chi connectivity index (χ3v) is 3.62. The number of benzene rings is 2. The first kappa shape index (κ1) is 17.8. The first-order chi connectivity index (χ1) is 11.5. The fraction of sp³-hybridized carbons (Fsp3) is 0.316. The van der Waals surface area contributed by atoms with E-state index in [1.807, 2.05) is 6.92 Å². The Morgan fingerprint density at radius 2 is 1.83 bits per heavy atom. The van der Waals surface area contributed by atoms with E-state index in [9.17, 15) is 15.3 Å². The van der Waals surface area contributed by atoms with Crippen molar-refractivity contribution in [1.29, 1.82) is 0 Å². The molecule has 0 aliphatic heterocycles. The molecule has 0 fully saturated rings. The summed E-state index contributed by atoms with van der Waals surface area (Å²) in [5.41, 5.74) is 1.23. The number of rotatable bonds is 7. The predicted octanol–water partition coefficient (Wildman–Crippen LogP) is 3.43. The Hall–Kier alpha value is -2.53. The Kier molecular flexibility index (Phi) is 6.21. The van der Waals surface area contributed by atoms with Crippen LogP contribution in [0, 0.1) is 0 Å². The van der Waals surface area contributed by atoms with Crippen LogP contribution < -0.4 is 4.74 Å². The first-order valence-corrected chi connectivity index (χ1v) is 7.97. The summed E-state index contributed by atoms with van der Waals surface area (Å²) in [7, 11) is 0. The van der Waals surface area contributed by atoms with Gasteiger partial charge in [-0.15, -0.1) is 0 Å². The van der Waals surface area contributed by atoms with Crippen molar-refractivity contribution >= 4 is 6.21 Å². The molecule has 2 aromatic carbocycles. The number of phenols is 2. The second-order valence-corrected chi connectivity index (χ2v) is 5.62. The van der Waals surface area contributed by atoms with Crippen LogP contribution in [0.3, 0.4) is 0 Å². The van der Waals surface area contributed by atoms with Gasteiger partial charge in [-0.1, -0.05) is 19.1 Å². The van der Waals surface area contributed by atoms with E-state index in [-0.39, 0.29) is 11.5 Å². The van der Waals surface area contributed by atoms with Gasteiger partial charge in [0.05, 0.1) is 12.6 Å². The summed E-state index contributed by atoms with van der Waals surface area (Å²) in [6.45, 7) is 4.40. The third-order valence-electron chi connectivity index (χ3n) is 3.62. The van der Waals surface area contributed by atoms with E-state index >= 15 is 0 Å². The molecule has 2 rings (SSSR count). The molecule has 128 valence electrons. The molecule has 0 saturated carbocycles. The highest BCUT2D eigenvalue weighted by Gasteiger charge is 2.15. The fourth-order valence-corrected chi connectivity index (χ4v) is 2.17. The van der Waals surface area contributed by atoms with E-state index in [4.69, 9.17) is 4.74 Å². The van der Waals surface area contributed by atoms with Crippen molar-refractivity contribution in [2.24, 2.45) is 4.99 Å². The summed E-state index contributed by atoms with van der Waals surface area (Å²) in [4.78, 5) is 4.31. The maximum absolute atomic E-state index is 10.3. The molecule has 24 heavy (non-hydrogen) atoms. The number of hydrogen-bond acceptors (Lipinski definition) is 5. The lowest BCUT2D eigenvalue weighted by Gasteiger charge is -2.15. The third kappa shape index (κ3) is 4.73. The van der Waals surface area contributed by atoms with Gasteiger partial charge in [-0.25, -0.2) is 0 Å². The van der Waals surface area contributed by atoms with Crippen LogP contribution in [0.5, 0.6) is 17.2 Å². The Balaban J connectivity index is 2.05. The number of phenolic OH excluding ortho intramolecular Hbond substituents is 2. The van der Waals surface area contributed by atoms with Crippen LogP contribution >= 0.6 is 0 Å². The zero-order chi connectivity index (χ0) is 17.5. The predicted molar refractivity (Wildman–Crippen MR) is 94.0 cm³/mol. The van der Waals surface area contributed by atoms with Crippen molar-refractivity contribution in [3.05, 3.63) is 53.6 Å². The Morgan fingerprint density at radius 1 is 1.12 bits per heavy atom. The largest absolute Gasteiger partial charge is 0.508 e. The molecule has 0 aliphatic carbocycles. The molecular formula is C19H23NO4. The summed E-state index contributed by atoms with van der Waals surface area (Å²) in [5, 5.41) is 29.6. The standard InChI is InChI=1S/C19H23NO4/c1-3-10-24-17-9-6-15(18(22)11-17)12-20-13(2)19(23)14-4-7-16(21)8-5-14/h4-9,11-13,19,21-23H,3,10H2,1-2H3/t13-,19+/m0/s1. The zero-order valence-corrected chi connectivity index (χ0v) is 13.9. The average Bonchev–Trinajstić information content (AvgIpc) is 2.59. The Morgan fingerprint density at radius 3 is 2.46 bits per heavy atom. The molecule has 0 radical (unpaired) electrons. The quantitative estimate of drug-likeness (QED) is 0.680. The average molecular weight is 329 g/mol. The molecule has 0 aliphatic rings. The Bertz CT molecular complexity index is 682. The smallest absolute Gasteiger partial charge is 0.128 e. The lowest BCUT2D eigenvalue weighted by Crippen LogP contribution is -2.12. The number of aliphatic hydroxyl groups is 1. The molecule has 0 unspecified atom stereocenters. The van der Waals surface area contributed by atoms with Gasteiger partial charge in [0.15, 0.2) is 0 Å². The van der Waals surface area contributed by atoms with Crippen LogP contribution in [0.1, 0.15) is 37.5 Å². The minimum absolute atomic E-state index is 0.0821. The highest BCUT2D eigenvalue weighted by atomic mass is 16.5. The molecule has 5 nitrogen and oxygen atoms in total. The van der Waals surface area contributed by atoms with Gasteiger partial charge in [0.1, 0.15) is 23.4 Å². The SMILES string of the molecule is CCCOc1ccc(C=N[C@@H](C)[C@@H](O)c2ccc(O)cc2)c(O)c1. The number of ether oxygens (including phenoxy) is 1. The second-order valence-electron chi connectivity index (χ2n) is 5.62. The van der Waals surface area contributed by atoms with Crippen molar-refractivity contribution in [3.63, 3.8) is 0 Å². The zero-order valence-electron chi connectivity index (χ0n) is 13.9. The topological polar surface area (TPSA) is 82.3 Å².